The number of carbonyl (C=O) groups is 2. The smallest absolute Gasteiger partial charge is 0.389 e. The summed E-state index contributed by atoms with van der Waals surface area (Å²) >= 11 is 0. The summed E-state index contributed by atoms with van der Waals surface area (Å²) in [6, 6.07) is 12.5. The minimum atomic E-state index is -4.20. The molecule has 2 rings (SSSR count). The van der Waals surface area contributed by atoms with Crippen LogP contribution in [0.4, 0.5) is 13.2 Å². The normalized spacial score (nSPS) is 11.4. The third kappa shape index (κ3) is 10.7. The fourth-order valence-corrected chi connectivity index (χ4v) is 2.70. The summed E-state index contributed by atoms with van der Waals surface area (Å²) in [6.07, 6.45) is 0.618. The monoisotopic (exact) mass is 464 g/mol. The molecule has 33 heavy (non-hydrogen) atoms. The van der Waals surface area contributed by atoms with Crippen molar-refractivity contribution in [1.29, 1.82) is 0 Å². The van der Waals surface area contributed by atoms with Crippen molar-refractivity contribution < 1.29 is 37.0 Å². The molecular formula is C25H27F3O5. The summed E-state index contributed by atoms with van der Waals surface area (Å²) in [5.41, 5.74) is 1.01. The van der Waals surface area contributed by atoms with E-state index in [1.807, 2.05) is 0 Å². The highest BCUT2D eigenvalue weighted by Gasteiger charge is 2.26. The Hall–Kier alpha value is -3.29. The zero-order chi connectivity index (χ0) is 24.1. The van der Waals surface area contributed by atoms with Crippen LogP contribution in [0.15, 0.2) is 54.6 Å². The summed E-state index contributed by atoms with van der Waals surface area (Å²) in [6.45, 7) is 2.40. The summed E-state index contributed by atoms with van der Waals surface area (Å²) < 4.78 is 52.0. The van der Waals surface area contributed by atoms with E-state index in [9.17, 15) is 22.8 Å². The number of esters is 2. The molecule has 0 aliphatic carbocycles. The minimum Gasteiger partial charge on any atom is -0.494 e. The topological polar surface area (TPSA) is 61.8 Å². The highest BCUT2D eigenvalue weighted by molar-refractivity contribution is 5.91. The first-order chi connectivity index (χ1) is 15.8. The van der Waals surface area contributed by atoms with Gasteiger partial charge in [-0.1, -0.05) is 31.9 Å². The molecule has 178 valence electrons. The Kier molecular flexibility index (Phi) is 10.5. The Morgan fingerprint density at radius 1 is 0.879 bits per heavy atom. The Balaban J connectivity index is 1.79. The molecule has 0 bridgehead atoms. The molecular weight excluding hydrogens is 437 g/mol. The number of hydrogen-bond acceptors (Lipinski definition) is 5. The molecule has 0 aromatic heterocycles. The fourth-order valence-electron chi connectivity index (χ4n) is 2.70. The average molecular weight is 464 g/mol. The van der Waals surface area contributed by atoms with E-state index in [1.54, 1.807) is 30.3 Å². The van der Waals surface area contributed by atoms with Gasteiger partial charge in [0.25, 0.3) is 0 Å². The Morgan fingerprint density at radius 2 is 1.55 bits per heavy atom. The van der Waals surface area contributed by atoms with Gasteiger partial charge in [0.2, 0.25) is 0 Å². The number of unbranched alkanes of at least 4 members (excludes halogenated alkanes) is 2. The molecule has 0 atom stereocenters. The maximum absolute atomic E-state index is 12.3. The third-order valence-electron chi connectivity index (χ3n) is 4.46. The van der Waals surface area contributed by atoms with Crippen LogP contribution in [0.2, 0.25) is 0 Å². The Bertz CT molecular complexity index is 903. The van der Waals surface area contributed by atoms with Crippen LogP contribution >= 0.6 is 0 Å². The average Bonchev–Trinajstić information content (AvgIpc) is 2.79. The van der Waals surface area contributed by atoms with E-state index in [1.165, 1.54) is 30.3 Å². The first-order valence-corrected chi connectivity index (χ1v) is 10.7. The van der Waals surface area contributed by atoms with Gasteiger partial charge in [0, 0.05) is 12.5 Å². The highest BCUT2D eigenvalue weighted by atomic mass is 19.4. The van der Waals surface area contributed by atoms with Gasteiger partial charge >= 0.3 is 18.1 Å². The maximum Gasteiger partial charge on any atom is 0.389 e. The molecule has 0 spiro atoms. The van der Waals surface area contributed by atoms with Crippen LogP contribution in [0.5, 0.6) is 11.5 Å². The van der Waals surface area contributed by atoms with Gasteiger partial charge in [0.15, 0.2) is 0 Å². The van der Waals surface area contributed by atoms with Crippen LogP contribution in [0.1, 0.15) is 54.9 Å². The largest absolute Gasteiger partial charge is 0.494 e. The zero-order valence-electron chi connectivity index (χ0n) is 18.4. The fraction of sp³-hybridized carbons (Fsp3) is 0.360. The van der Waals surface area contributed by atoms with E-state index in [0.717, 1.165) is 24.8 Å². The van der Waals surface area contributed by atoms with Gasteiger partial charge in [-0.2, -0.15) is 13.2 Å². The molecule has 0 aliphatic rings. The molecule has 0 N–H and O–H groups in total. The Labute approximate surface area is 191 Å². The molecule has 0 amide bonds. The predicted octanol–water partition coefficient (Wildman–Crippen LogP) is 6.37. The first-order valence-electron chi connectivity index (χ1n) is 10.7. The number of alkyl halides is 3. The van der Waals surface area contributed by atoms with E-state index in [2.05, 4.69) is 6.92 Å². The second-order valence-corrected chi connectivity index (χ2v) is 7.26. The molecule has 2 aromatic carbocycles. The number of halogens is 3. The molecule has 2 aromatic rings. The van der Waals surface area contributed by atoms with E-state index < -0.39 is 24.5 Å². The lowest BCUT2D eigenvalue weighted by atomic mass is 10.2. The Morgan fingerprint density at radius 3 is 2.18 bits per heavy atom. The van der Waals surface area contributed by atoms with Crippen LogP contribution < -0.4 is 9.47 Å². The van der Waals surface area contributed by atoms with E-state index >= 15 is 0 Å². The highest BCUT2D eigenvalue weighted by Crippen LogP contribution is 2.22. The standard InChI is InChI=1S/C25H27F3O5/c1-2-3-4-17-32-23(29)15-8-19-6-11-22(12-7-19)33-24(30)20-9-13-21(14-10-20)31-18-5-16-25(26,27)28/h6-15H,2-5,16-18H2,1H3/b15-8+. The van der Waals surface area contributed by atoms with Crippen LogP contribution in [-0.2, 0) is 9.53 Å². The van der Waals surface area contributed by atoms with Crippen molar-refractivity contribution in [2.75, 3.05) is 13.2 Å². The second-order valence-electron chi connectivity index (χ2n) is 7.26. The minimum absolute atomic E-state index is 0.0688. The van der Waals surface area contributed by atoms with Gasteiger partial charge in [0.1, 0.15) is 11.5 Å². The van der Waals surface area contributed by atoms with E-state index in [-0.39, 0.29) is 18.6 Å². The van der Waals surface area contributed by atoms with Gasteiger partial charge in [0.05, 0.1) is 18.8 Å². The second kappa shape index (κ2) is 13.3. The molecule has 5 nitrogen and oxygen atoms in total. The number of ether oxygens (including phenoxy) is 3. The summed E-state index contributed by atoms with van der Waals surface area (Å²) in [5.74, 6) is -0.299. The molecule has 8 heteroatoms. The van der Waals surface area contributed by atoms with Crippen LogP contribution in [-0.4, -0.2) is 31.3 Å². The summed E-state index contributed by atoms with van der Waals surface area (Å²) in [7, 11) is 0. The van der Waals surface area contributed by atoms with Crippen molar-refractivity contribution in [3.05, 3.63) is 65.7 Å². The van der Waals surface area contributed by atoms with Gasteiger partial charge in [-0.05, 0) is 60.9 Å². The quantitative estimate of drug-likeness (QED) is 0.158. The van der Waals surface area contributed by atoms with Gasteiger partial charge in [-0.15, -0.1) is 0 Å². The molecule has 0 fully saturated rings. The van der Waals surface area contributed by atoms with Crippen molar-refractivity contribution in [3.8, 4) is 11.5 Å². The maximum atomic E-state index is 12.3. The first kappa shape index (κ1) is 26.0. The van der Waals surface area contributed by atoms with E-state index in [4.69, 9.17) is 14.2 Å². The van der Waals surface area contributed by atoms with Crippen LogP contribution in [0, 0.1) is 0 Å². The summed E-state index contributed by atoms with van der Waals surface area (Å²) in [5, 5.41) is 0. The lowest BCUT2D eigenvalue weighted by Gasteiger charge is -2.09. The van der Waals surface area contributed by atoms with Gasteiger partial charge < -0.3 is 14.2 Å². The zero-order valence-corrected chi connectivity index (χ0v) is 18.4. The number of hydrogen-bond donors (Lipinski definition) is 0. The summed E-state index contributed by atoms with van der Waals surface area (Å²) in [4.78, 5) is 23.9. The number of rotatable bonds is 12. The molecule has 0 unspecified atom stereocenters. The predicted molar refractivity (Wildman–Crippen MR) is 118 cm³/mol. The molecule has 0 radical (unpaired) electrons. The van der Waals surface area contributed by atoms with Crippen molar-refractivity contribution >= 4 is 18.0 Å². The van der Waals surface area contributed by atoms with Gasteiger partial charge in [-0.3, -0.25) is 0 Å². The van der Waals surface area contributed by atoms with Crippen molar-refractivity contribution in [3.63, 3.8) is 0 Å². The molecule has 0 heterocycles. The SMILES string of the molecule is CCCCCOC(=O)/C=C/c1ccc(OC(=O)c2ccc(OCCCC(F)(F)F)cc2)cc1. The lowest BCUT2D eigenvalue weighted by molar-refractivity contribution is -0.138. The lowest BCUT2D eigenvalue weighted by Crippen LogP contribution is -2.10. The van der Waals surface area contributed by atoms with Crippen molar-refractivity contribution in [2.24, 2.45) is 0 Å². The number of carbonyl (C=O) groups excluding carboxylic acids is 2. The molecule has 0 aliphatic heterocycles. The number of benzene rings is 2. The molecule has 0 saturated heterocycles. The van der Waals surface area contributed by atoms with Crippen LogP contribution in [0.25, 0.3) is 6.08 Å². The van der Waals surface area contributed by atoms with Crippen LogP contribution in [0.3, 0.4) is 0 Å². The van der Waals surface area contributed by atoms with Gasteiger partial charge in [-0.25, -0.2) is 9.59 Å². The third-order valence-corrected chi connectivity index (χ3v) is 4.46. The molecule has 0 saturated carbocycles. The van der Waals surface area contributed by atoms with Crippen molar-refractivity contribution in [2.45, 2.75) is 45.2 Å². The van der Waals surface area contributed by atoms with Crippen molar-refractivity contribution in [1.82, 2.24) is 0 Å². The van der Waals surface area contributed by atoms with E-state index in [0.29, 0.717) is 18.1 Å².